The predicted octanol–water partition coefficient (Wildman–Crippen LogP) is 1.39. The standard InChI is InChI=1S/C20H24N4O3/c1-21-19(26)9-16-12-24(13-18(16)25)20(27)23-11-15-5-2-3-7-17(15)14-6-4-8-22-10-14/h2-8,10,16,18,25H,9,11-13H2,1H3,(H,21,26)(H,23,27)/t16-,18-/m1/s1. The predicted molar refractivity (Wildman–Crippen MR) is 102 cm³/mol. The zero-order valence-corrected chi connectivity index (χ0v) is 15.3. The lowest BCUT2D eigenvalue weighted by molar-refractivity contribution is -0.122. The van der Waals surface area contributed by atoms with Gasteiger partial charge in [0, 0.05) is 57.0 Å². The number of hydrogen-bond donors (Lipinski definition) is 3. The number of aromatic nitrogens is 1. The van der Waals surface area contributed by atoms with Crippen molar-refractivity contribution in [3.63, 3.8) is 0 Å². The Bertz CT molecular complexity index is 797. The van der Waals surface area contributed by atoms with Crippen molar-refractivity contribution in [2.75, 3.05) is 20.1 Å². The van der Waals surface area contributed by atoms with E-state index < -0.39 is 6.10 Å². The number of aliphatic hydroxyl groups excluding tert-OH is 1. The van der Waals surface area contributed by atoms with Gasteiger partial charge < -0.3 is 20.6 Å². The maximum Gasteiger partial charge on any atom is 0.317 e. The molecule has 142 valence electrons. The molecule has 0 aliphatic carbocycles. The number of carbonyl (C=O) groups excluding carboxylic acids is 2. The molecule has 0 bridgehead atoms. The van der Waals surface area contributed by atoms with Gasteiger partial charge in [0.15, 0.2) is 0 Å². The first-order valence-corrected chi connectivity index (χ1v) is 8.98. The molecule has 0 spiro atoms. The average molecular weight is 368 g/mol. The fourth-order valence-corrected chi connectivity index (χ4v) is 3.32. The molecule has 1 aliphatic heterocycles. The normalized spacial score (nSPS) is 19.0. The molecule has 1 aromatic heterocycles. The van der Waals surface area contributed by atoms with Crippen LogP contribution in [0.25, 0.3) is 11.1 Å². The smallest absolute Gasteiger partial charge is 0.317 e. The minimum atomic E-state index is -0.685. The summed E-state index contributed by atoms with van der Waals surface area (Å²) in [7, 11) is 1.56. The van der Waals surface area contributed by atoms with E-state index in [1.54, 1.807) is 24.3 Å². The topological polar surface area (TPSA) is 94.6 Å². The van der Waals surface area contributed by atoms with Crippen LogP contribution in [-0.4, -0.2) is 53.2 Å². The van der Waals surface area contributed by atoms with E-state index in [1.165, 1.54) is 0 Å². The molecule has 2 atom stereocenters. The zero-order valence-electron chi connectivity index (χ0n) is 15.3. The molecule has 0 unspecified atom stereocenters. The van der Waals surface area contributed by atoms with Crippen molar-refractivity contribution in [3.05, 3.63) is 54.4 Å². The van der Waals surface area contributed by atoms with Gasteiger partial charge in [0.25, 0.3) is 0 Å². The van der Waals surface area contributed by atoms with Gasteiger partial charge in [0.1, 0.15) is 0 Å². The molecule has 1 saturated heterocycles. The van der Waals surface area contributed by atoms with E-state index in [1.807, 2.05) is 36.4 Å². The molecule has 3 rings (SSSR count). The second kappa shape index (κ2) is 8.64. The Morgan fingerprint density at radius 2 is 2.04 bits per heavy atom. The number of nitrogens with one attached hydrogen (secondary N) is 2. The van der Waals surface area contributed by atoms with Crippen LogP contribution in [0.1, 0.15) is 12.0 Å². The monoisotopic (exact) mass is 368 g/mol. The first-order valence-electron chi connectivity index (χ1n) is 8.98. The minimum Gasteiger partial charge on any atom is -0.391 e. The van der Waals surface area contributed by atoms with Crippen molar-refractivity contribution in [2.45, 2.75) is 19.1 Å². The molecule has 0 radical (unpaired) electrons. The van der Waals surface area contributed by atoms with Crippen LogP contribution in [0.5, 0.6) is 0 Å². The fourth-order valence-electron chi connectivity index (χ4n) is 3.32. The summed E-state index contributed by atoms with van der Waals surface area (Å²) in [5.41, 5.74) is 3.00. The zero-order chi connectivity index (χ0) is 19.2. The molecule has 3 N–H and O–H groups in total. The summed E-state index contributed by atoms with van der Waals surface area (Å²) >= 11 is 0. The van der Waals surface area contributed by atoms with Crippen LogP contribution in [0.2, 0.25) is 0 Å². The average Bonchev–Trinajstić information content (AvgIpc) is 3.07. The van der Waals surface area contributed by atoms with Crippen LogP contribution in [0.15, 0.2) is 48.8 Å². The Hall–Kier alpha value is -2.93. The molecule has 1 aliphatic rings. The highest BCUT2D eigenvalue weighted by atomic mass is 16.3. The third-order valence-corrected chi connectivity index (χ3v) is 4.84. The van der Waals surface area contributed by atoms with Crippen molar-refractivity contribution in [3.8, 4) is 11.1 Å². The van der Waals surface area contributed by atoms with Gasteiger partial charge in [-0.25, -0.2) is 4.79 Å². The number of likely N-dealkylation sites (tertiary alicyclic amines) is 1. The van der Waals surface area contributed by atoms with Crippen molar-refractivity contribution >= 4 is 11.9 Å². The van der Waals surface area contributed by atoms with Crippen molar-refractivity contribution in [1.29, 1.82) is 0 Å². The van der Waals surface area contributed by atoms with Crippen LogP contribution < -0.4 is 10.6 Å². The fraction of sp³-hybridized carbons (Fsp3) is 0.350. The molecule has 27 heavy (non-hydrogen) atoms. The highest BCUT2D eigenvalue weighted by molar-refractivity contribution is 5.77. The van der Waals surface area contributed by atoms with Crippen LogP contribution >= 0.6 is 0 Å². The lowest BCUT2D eigenvalue weighted by atomic mass is 10.0. The van der Waals surface area contributed by atoms with E-state index in [-0.39, 0.29) is 30.8 Å². The maximum atomic E-state index is 12.5. The van der Waals surface area contributed by atoms with Crippen molar-refractivity contribution in [1.82, 2.24) is 20.5 Å². The number of amides is 3. The van der Waals surface area contributed by atoms with Crippen LogP contribution in [0.3, 0.4) is 0 Å². The van der Waals surface area contributed by atoms with E-state index in [4.69, 9.17) is 0 Å². The quantitative estimate of drug-likeness (QED) is 0.743. The lowest BCUT2D eigenvalue weighted by Gasteiger charge is -2.18. The summed E-state index contributed by atoms with van der Waals surface area (Å²) in [6.07, 6.45) is 3.05. The van der Waals surface area contributed by atoms with E-state index in [0.717, 1.165) is 16.7 Å². The van der Waals surface area contributed by atoms with Gasteiger partial charge in [-0.15, -0.1) is 0 Å². The van der Waals surface area contributed by atoms with Crippen LogP contribution in [0, 0.1) is 5.92 Å². The van der Waals surface area contributed by atoms with E-state index in [0.29, 0.717) is 13.1 Å². The van der Waals surface area contributed by atoms with E-state index in [9.17, 15) is 14.7 Å². The Kier molecular flexibility index (Phi) is 6.03. The molecule has 1 fully saturated rings. The summed E-state index contributed by atoms with van der Waals surface area (Å²) in [4.78, 5) is 29.7. The molecule has 1 aromatic carbocycles. The Labute approximate surface area is 158 Å². The van der Waals surface area contributed by atoms with Gasteiger partial charge in [0.05, 0.1) is 6.10 Å². The molecule has 2 heterocycles. The highest BCUT2D eigenvalue weighted by Gasteiger charge is 2.35. The molecule has 7 nitrogen and oxygen atoms in total. The summed E-state index contributed by atoms with van der Waals surface area (Å²) < 4.78 is 0. The van der Waals surface area contributed by atoms with Gasteiger partial charge in [-0.05, 0) is 17.2 Å². The SMILES string of the molecule is CNC(=O)C[C@@H]1CN(C(=O)NCc2ccccc2-c2cccnc2)C[C@H]1O. The third kappa shape index (κ3) is 4.62. The highest BCUT2D eigenvalue weighted by Crippen LogP contribution is 2.23. The van der Waals surface area contributed by atoms with Crippen LogP contribution in [0.4, 0.5) is 4.79 Å². The van der Waals surface area contributed by atoms with Gasteiger partial charge >= 0.3 is 6.03 Å². The minimum absolute atomic E-state index is 0.133. The van der Waals surface area contributed by atoms with Gasteiger partial charge in [0.2, 0.25) is 5.91 Å². The van der Waals surface area contributed by atoms with Crippen molar-refractivity contribution < 1.29 is 14.7 Å². The molecule has 3 amide bonds. The number of nitrogens with zero attached hydrogens (tertiary/aromatic N) is 2. The molecule has 7 heteroatoms. The Balaban J connectivity index is 1.61. The number of carbonyl (C=O) groups is 2. The van der Waals surface area contributed by atoms with Crippen LogP contribution in [-0.2, 0) is 11.3 Å². The number of urea groups is 1. The second-order valence-electron chi connectivity index (χ2n) is 6.67. The summed E-state index contributed by atoms with van der Waals surface area (Å²) in [6, 6.07) is 11.5. The van der Waals surface area contributed by atoms with Crippen molar-refractivity contribution in [2.24, 2.45) is 5.92 Å². The number of pyridine rings is 1. The first-order chi connectivity index (χ1) is 13.1. The molecule has 0 saturated carbocycles. The summed E-state index contributed by atoms with van der Waals surface area (Å²) in [5, 5.41) is 15.6. The number of rotatable bonds is 5. The lowest BCUT2D eigenvalue weighted by Crippen LogP contribution is -2.38. The number of β-amino-alcohol motifs (C(OH)–C–C–N with tert-alkyl or cyclic N) is 1. The van der Waals surface area contributed by atoms with Gasteiger partial charge in [-0.3, -0.25) is 9.78 Å². The van der Waals surface area contributed by atoms with E-state index >= 15 is 0 Å². The number of benzene rings is 1. The Morgan fingerprint density at radius 3 is 2.78 bits per heavy atom. The molecular formula is C20H24N4O3. The maximum absolute atomic E-state index is 12.5. The van der Waals surface area contributed by atoms with Gasteiger partial charge in [-0.2, -0.15) is 0 Å². The first kappa shape index (κ1) is 18.8. The number of hydrogen-bond acceptors (Lipinski definition) is 4. The Morgan fingerprint density at radius 1 is 1.22 bits per heavy atom. The second-order valence-corrected chi connectivity index (χ2v) is 6.67. The van der Waals surface area contributed by atoms with Gasteiger partial charge in [-0.1, -0.05) is 30.3 Å². The third-order valence-electron chi connectivity index (χ3n) is 4.84. The number of aliphatic hydroxyl groups is 1. The molecular weight excluding hydrogens is 344 g/mol. The largest absolute Gasteiger partial charge is 0.391 e. The van der Waals surface area contributed by atoms with E-state index in [2.05, 4.69) is 15.6 Å². The molecule has 2 aromatic rings. The summed E-state index contributed by atoms with van der Waals surface area (Å²) in [6.45, 7) is 0.971. The summed E-state index contributed by atoms with van der Waals surface area (Å²) in [5.74, 6) is -0.370.